The van der Waals surface area contributed by atoms with Crippen molar-refractivity contribution < 1.29 is 9.53 Å². The molecule has 0 aliphatic heterocycles. The van der Waals surface area contributed by atoms with Crippen LogP contribution >= 0.6 is 31.9 Å². The van der Waals surface area contributed by atoms with E-state index in [1.165, 1.54) is 0 Å². The monoisotopic (exact) mass is 377 g/mol. The van der Waals surface area contributed by atoms with Crippen LogP contribution in [0.15, 0.2) is 27.1 Å². The fourth-order valence-corrected chi connectivity index (χ4v) is 2.58. The highest BCUT2D eigenvalue weighted by Crippen LogP contribution is 2.22. The predicted molar refractivity (Wildman–Crippen MR) is 79.8 cm³/mol. The molecule has 5 heteroatoms. The number of amides is 1. The van der Waals surface area contributed by atoms with Crippen molar-refractivity contribution in [3.63, 3.8) is 0 Å². The first kappa shape index (κ1) is 15.5. The molecule has 0 heterocycles. The van der Waals surface area contributed by atoms with E-state index in [4.69, 9.17) is 4.74 Å². The molecule has 0 radical (unpaired) electrons. The first-order valence-electron chi connectivity index (χ1n) is 5.69. The van der Waals surface area contributed by atoms with Crippen molar-refractivity contribution in [2.75, 3.05) is 6.54 Å². The lowest BCUT2D eigenvalue weighted by Crippen LogP contribution is -2.33. The zero-order chi connectivity index (χ0) is 13.8. The zero-order valence-electron chi connectivity index (χ0n) is 10.7. The molecule has 0 saturated heterocycles. The minimum Gasteiger partial charge on any atom is -0.444 e. The summed E-state index contributed by atoms with van der Waals surface area (Å²) in [6.45, 7) is 6.09. The van der Waals surface area contributed by atoms with Crippen molar-refractivity contribution in [3.05, 3.63) is 32.7 Å². The topological polar surface area (TPSA) is 38.3 Å². The molecule has 18 heavy (non-hydrogen) atoms. The summed E-state index contributed by atoms with van der Waals surface area (Å²) in [5.41, 5.74) is 0.691. The van der Waals surface area contributed by atoms with Crippen molar-refractivity contribution in [3.8, 4) is 0 Å². The summed E-state index contributed by atoms with van der Waals surface area (Å²) in [5, 5.41) is 2.74. The molecule has 100 valence electrons. The van der Waals surface area contributed by atoms with Crippen LogP contribution in [0, 0.1) is 0 Å². The van der Waals surface area contributed by atoms with E-state index in [1.54, 1.807) is 0 Å². The van der Waals surface area contributed by atoms with Gasteiger partial charge in [0.15, 0.2) is 0 Å². The van der Waals surface area contributed by atoms with E-state index in [0.29, 0.717) is 6.54 Å². The van der Waals surface area contributed by atoms with Gasteiger partial charge in [-0.2, -0.15) is 0 Å². The number of ether oxygens (including phenoxy) is 1. The Morgan fingerprint density at radius 3 is 2.56 bits per heavy atom. The van der Waals surface area contributed by atoms with Crippen LogP contribution in [0.25, 0.3) is 0 Å². The molecule has 0 unspecified atom stereocenters. The standard InChI is InChI=1S/C13H17Br2NO2/c1-13(2,3)18-12(17)16-7-6-9-4-5-10(14)8-11(9)15/h4-5,8H,6-7H2,1-3H3,(H,16,17). The van der Waals surface area contributed by atoms with E-state index in [-0.39, 0.29) is 6.09 Å². The lowest BCUT2D eigenvalue weighted by atomic mass is 10.1. The van der Waals surface area contributed by atoms with Crippen LogP contribution in [0.2, 0.25) is 0 Å². The summed E-state index contributed by atoms with van der Waals surface area (Å²) >= 11 is 6.89. The molecule has 0 aliphatic carbocycles. The number of halogens is 2. The highest BCUT2D eigenvalue weighted by atomic mass is 79.9. The van der Waals surface area contributed by atoms with Crippen LogP contribution in [0.4, 0.5) is 4.79 Å². The molecular weight excluding hydrogens is 362 g/mol. The van der Waals surface area contributed by atoms with Crippen LogP contribution in [-0.4, -0.2) is 18.2 Å². The minimum atomic E-state index is -0.456. The number of carbonyl (C=O) groups excluding carboxylic acids is 1. The Morgan fingerprint density at radius 1 is 1.33 bits per heavy atom. The molecule has 0 aromatic heterocycles. The van der Waals surface area contributed by atoms with Gasteiger partial charge in [0, 0.05) is 15.5 Å². The van der Waals surface area contributed by atoms with Gasteiger partial charge in [-0.05, 0) is 44.9 Å². The van der Waals surface area contributed by atoms with Crippen molar-refractivity contribution in [2.24, 2.45) is 0 Å². The number of hydrogen-bond donors (Lipinski definition) is 1. The average Bonchev–Trinajstić information content (AvgIpc) is 2.18. The number of carbonyl (C=O) groups is 1. The van der Waals surface area contributed by atoms with Gasteiger partial charge in [0.25, 0.3) is 0 Å². The summed E-state index contributed by atoms with van der Waals surface area (Å²) in [6.07, 6.45) is 0.378. The zero-order valence-corrected chi connectivity index (χ0v) is 13.9. The van der Waals surface area contributed by atoms with Gasteiger partial charge in [0.05, 0.1) is 0 Å². The molecule has 0 fully saturated rings. The fraction of sp³-hybridized carbons (Fsp3) is 0.462. The molecule has 0 bridgehead atoms. The Bertz CT molecular complexity index is 427. The second-order valence-corrected chi connectivity index (χ2v) is 6.68. The molecule has 3 nitrogen and oxygen atoms in total. The summed E-state index contributed by atoms with van der Waals surface area (Å²) < 4.78 is 7.21. The second kappa shape index (κ2) is 6.57. The molecular formula is C13H17Br2NO2. The van der Waals surface area contributed by atoms with Gasteiger partial charge < -0.3 is 10.1 Å². The third-order valence-corrected chi connectivity index (χ3v) is 3.31. The molecule has 0 aliphatic rings. The van der Waals surface area contributed by atoms with Crippen LogP contribution in [0.5, 0.6) is 0 Å². The highest BCUT2D eigenvalue weighted by molar-refractivity contribution is 9.11. The smallest absolute Gasteiger partial charge is 0.407 e. The Labute approximate surface area is 125 Å². The molecule has 1 amide bonds. The first-order valence-corrected chi connectivity index (χ1v) is 7.27. The van der Waals surface area contributed by atoms with Crippen molar-refractivity contribution in [1.82, 2.24) is 5.32 Å². The highest BCUT2D eigenvalue weighted by Gasteiger charge is 2.15. The van der Waals surface area contributed by atoms with E-state index in [9.17, 15) is 4.79 Å². The lowest BCUT2D eigenvalue weighted by molar-refractivity contribution is 0.0528. The Hall–Kier alpha value is -0.550. The summed E-state index contributed by atoms with van der Waals surface area (Å²) in [4.78, 5) is 11.4. The van der Waals surface area contributed by atoms with Gasteiger partial charge in [-0.25, -0.2) is 4.79 Å². The van der Waals surface area contributed by atoms with Gasteiger partial charge in [0.2, 0.25) is 0 Å². The number of benzene rings is 1. The van der Waals surface area contributed by atoms with E-state index in [1.807, 2.05) is 39.0 Å². The number of hydrogen-bond acceptors (Lipinski definition) is 2. The minimum absolute atomic E-state index is 0.379. The second-order valence-electron chi connectivity index (χ2n) is 4.91. The van der Waals surface area contributed by atoms with E-state index in [2.05, 4.69) is 37.2 Å². The van der Waals surface area contributed by atoms with Crippen LogP contribution in [0.1, 0.15) is 26.3 Å². The third-order valence-electron chi connectivity index (χ3n) is 2.08. The van der Waals surface area contributed by atoms with Gasteiger partial charge in [-0.1, -0.05) is 37.9 Å². The Morgan fingerprint density at radius 2 is 2.00 bits per heavy atom. The maximum Gasteiger partial charge on any atom is 0.407 e. The Balaban J connectivity index is 2.40. The van der Waals surface area contributed by atoms with Crippen LogP contribution < -0.4 is 5.32 Å². The maximum absolute atomic E-state index is 11.4. The SMILES string of the molecule is CC(C)(C)OC(=O)NCCc1ccc(Br)cc1Br. The van der Waals surface area contributed by atoms with Gasteiger partial charge in [-0.3, -0.25) is 0 Å². The fourth-order valence-electron chi connectivity index (χ4n) is 1.34. The van der Waals surface area contributed by atoms with Crippen LogP contribution in [0.3, 0.4) is 0 Å². The van der Waals surface area contributed by atoms with Gasteiger partial charge >= 0.3 is 6.09 Å². The molecule has 1 N–H and O–H groups in total. The lowest BCUT2D eigenvalue weighted by Gasteiger charge is -2.19. The van der Waals surface area contributed by atoms with Crippen LogP contribution in [-0.2, 0) is 11.2 Å². The van der Waals surface area contributed by atoms with Gasteiger partial charge in [-0.15, -0.1) is 0 Å². The predicted octanol–water partition coefficient (Wildman–Crippen LogP) is 4.28. The number of nitrogens with one attached hydrogen (secondary N) is 1. The summed E-state index contributed by atoms with van der Waals surface area (Å²) in [7, 11) is 0. The average molecular weight is 379 g/mol. The summed E-state index contributed by atoms with van der Waals surface area (Å²) in [6, 6.07) is 5.99. The molecule has 1 aromatic rings. The molecule has 0 atom stereocenters. The molecule has 0 saturated carbocycles. The van der Waals surface area contributed by atoms with E-state index < -0.39 is 5.60 Å². The quantitative estimate of drug-likeness (QED) is 0.852. The molecule has 1 rings (SSSR count). The number of rotatable bonds is 3. The maximum atomic E-state index is 11.4. The summed E-state index contributed by atoms with van der Waals surface area (Å²) in [5.74, 6) is 0. The normalized spacial score (nSPS) is 11.2. The Kier molecular flexibility index (Phi) is 5.66. The van der Waals surface area contributed by atoms with Crippen molar-refractivity contribution in [2.45, 2.75) is 32.8 Å². The van der Waals surface area contributed by atoms with Gasteiger partial charge in [0.1, 0.15) is 5.60 Å². The van der Waals surface area contributed by atoms with E-state index in [0.717, 1.165) is 20.9 Å². The number of alkyl carbamates (subject to hydrolysis) is 1. The first-order chi connectivity index (χ1) is 8.28. The molecule has 0 spiro atoms. The van der Waals surface area contributed by atoms with Crippen molar-refractivity contribution in [1.29, 1.82) is 0 Å². The largest absolute Gasteiger partial charge is 0.444 e. The molecule has 1 aromatic carbocycles. The van der Waals surface area contributed by atoms with E-state index >= 15 is 0 Å². The third kappa shape index (κ3) is 5.87. The van der Waals surface area contributed by atoms with Crippen molar-refractivity contribution >= 4 is 38.0 Å².